The minimum Gasteiger partial charge on any atom is -0.453 e. The van der Waals surface area contributed by atoms with Crippen molar-refractivity contribution in [3.63, 3.8) is 0 Å². The second-order valence-electron chi connectivity index (χ2n) is 8.38. The number of ether oxygens (including phenoxy) is 1. The van der Waals surface area contributed by atoms with Gasteiger partial charge in [0.2, 0.25) is 0 Å². The quantitative estimate of drug-likeness (QED) is 0.706. The van der Waals surface area contributed by atoms with Crippen LogP contribution in [0.1, 0.15) is 67.3 Å². The molecule has 5 nitrogen and oxygen atoms in total. The fraction of sp³-hybridized carbons (Fsp3) is 0.636. The lowest BCUT2D eigenvalue weighted by Crippen LogP contribution is -2.44. The molecule has 0 spiro atoms. The van der Waals surface area contributed by atoms with E-state index in [2.05, 4.69) is 10.1 Å². The first-order chi connectivity index (χ1) is 14.2. The van der Waals surface area contributed by atoms with Crippen LogP contribution in [0.3, 0.4) is 0 Å². The van der Waals surface area contributed by atoms with Crippen LogP contribution in [0.25, 0.3) is 0 Å². The summed E-state index contributed by atoms with van der Waals surface area (Å²) in [6, 6.07) is 6.20. The van der Waals surface area contributed by atoms with E-state index in [4.69, 9.17) is 0 Å². The smallest absolute Gasteiger partial charge is 0.406 e. The fourth-order valence-electron chi connectivity index (χ4n) is 4.16. The highest BCUT2D eigenvalue weighted by atomic mass is 19.4. The third-order valence-corrected chi connectivity index (χ3v) is 6.25. The molecule has 2 fully saturated rings. The minimum absolute atomic E-state index is 0.0974. The number of nitrogens with zero attached hydrogens (tertiary/aromatic N) is 1. The van der Waals surface area contributed by atoms with E-state index in [-0.39, 0.29) is 23.6 Å². The number of halogens is 3. The second kappa shape index (κ2) is 9.27. The van der Waals surface area contributed by atoms with Crippen LogP contribution in [-0.4, -0.2) is 48.8 Å². The Hall–Kier alpha value is -2.25. The molecule has 0 unspecified atom stereocenters. The van der Waals surface area contributed by atoms with Gasteiger partial charge in [0, 0.05) is 24.2 Å². The maximum absolute atomic E-state index is 13.2. The molecular weight excluding hydrogens is 397 g/mol. The molecule has 2 amide bonds. The highest BCUT2D eigenvalue weighted by molar-refractivity contribution is 5.95. The number of benzene rings is 1. The number of hydrogen-bond acceptors (Lipinski definition) is 3. The van der Waals surface area contributed by atoms with E-state index in [9.17, 15) is 22.8 Å². The molecule has 1 atom stereocenters. The van der Waals surface area contributed by atoms with Gasteiger partial charge in [0.1, 0.15) is 0 Å². The first-order valence-corrected chi connectivity index (χ1v) is 10.5. The van der Waals surface area contributed by atoms with Crippen molar-refractivity contribution in [2.24, 2.45) is 5.92 Å². The summed E-state index contributed by atoms with van der Waals surface area (Å²) in [7, 11) is 1.33. The van der Waals surface area contributed by atoms with Gasteiger partial charge in [-0.15, -0.1) is 0 Å². The molecule has 0 bridgehead atoms. The number of rotatable bonds is 6. The van der Waals surface area contributed by atoms with Gasteiger partial charge in [-0.05, 0) is 69.1 Å². The number of carbonyl (C=O) groups excluding carboxylic acids is 2. The Morgan fingerprint density at radius 3 is 2.07 bits per heavy atom. The highest BCUT2D eigenvalue weighted by Crippen LogP contribution is 2.37. The van der Waals surface area contributed by atoms with Crippen molar-refractivity contribution in [2.45, 2.75) is 69.6 Å². The number of carbonyl (C=O) groups is 2. The third-order valence-electron chi connectivity index (χ3n) is 6.25. The molecule has 0 aliphatic heterocycles. The largest absolute Gasteiger partial charge is 0.453 e. The summed E-state index contributed by atoms with van der Waals surface area (Å²) in [5, 5.41) is 2.73. The van der Waals surface area contributed by atoms with Gasteiger partial charge in [-0.2, -0.15) is 13.2 Å². The standard InChI is InChI=1S/C22H29F3N2O3/c1-14(22(23,24)25)16-5-7-17(8-6-16)20(28)27(19-11-12-19)18-9-3-15(4-10-18)13-26-21(29)30-2/h5-8,14-15,18-19H,3-4,9-13H2,1-2H3,(H,26,29)/t14-,15?,18?/m1/s1. The van der Waals surface area contributed by atoms with Crippen molar-refractivity contribution in [1.29, 1.82) is 0 Å². The molecule has 8 heteroatoms. The van der Waals surface area contributed by atoms with Crippen molar-refractivity contribution in [3.05, 3.63) is 35.4 Å². The molecule has 2 saturated carbocycles. The Morgan fingerprint density at radius 1 is 1.07 bits per heavy atom. The van der Waals surface area contributed by atoms with E-state index in [0.717, 1.165) is 45.4 Å². The van der Waals surface area contributed by atoms with Crippen molar-refractivity contribution in [3.8, 4) is 0 Å². The lowest BCUT2D eigenvalue weighted by molar-refractivity contribution is -0.146. The Bertz CT molecular complexity index is 739. The summed E-state index contributed by atoms with van der Waals surface area (Å²) in [4.78, 5) is 26.4. The predicted octanol–water partition coefficient (Wildman–Crippen LogP) is 4.87. The zero-order valence-electron chi connectivity index (χ0n) is 17.4. The average Bonchev–Trinajstić information content (AvgIpc) is 3.57. The summed E-state index contributed by atoms with van der Waals surface area (Å²) in [5.41, 5.74) is 0.602. The van der Waals surface area contributed by atoms with Crippen LogP contribution >= 0.6 is 0 Å². The zero-order chi connectivity index (χ0) is 21.9. The molecule has 2 aliphatic carbocycles. The molecule has 166 valence electrons. The molecule has 1 aromatic rings. The number of hydrogen-bond donors (Lipinski definition) is 1. The predicted molar refractivity (Wildman–Crippen MR) is 106 cm³/mol. The average molecular weight is 426 g/mol. The molecule has 0 aromatic heterocycles. The lowest BCUT2D eigenvalue weighted by Gasteiger charge is -2.37. The summed E-state index contributed by atoms with van der Waals surface area (Å²) >= 11 is 0. The maximum Gasteiger partial charge on any atom is 0.406 e. The molecule has 2 aliphatic rings. The van der Waals surface area contributed by atoms with Crippen molar-refractivity contribution >= 4 is 12.0 Å². The molecule has 1 N–H and O–H groups in total. The monoisotopic (exact) mass is 426 g/mol. The molecule has 0 radical (unpaired) electrons. The van der Waals surface area contributed by atoms with Gasteiger partial charge in [0.15, 0.2) is 0 Å². The Balaban J connectivity index is 1.62. The molecule has 3 rings (SSSR count). The summed E-state index contributed by atoms with van der Waals surface area (Å²) in [5.74, 6) is -1.30. The van der Waals surface area contributed by atoms with Gasteiger partial charge in [-0.1, -0.05) is 12.1 Å². The zero-order valence-corrected chi connectivity index (χ0v) is 17.4. The Morgan fingerprint density at radius 2 is 1.60 bits per heavy atom. The van der Waals surface area contributed by atoms with Crippen molar-refractivity contribution < 1.29 is 27.5 Å². The minimum atomic E-state index is -4.30. The molecular formula is C22H29F3N2O3. The van der Waals surface area contributed by atoms with E-state index in [1.54, 1.807) is 0 Å². The second-order valence-corrected chi connectivity index (χ2v) is 8.38. The van der Waals surface area contributed by atoms with Crippen LogP contribution in [0.5, 0.6) is 0 Å². The first kappa shape index (κ1) is 22.4. The van der Waals surface area contributed by atoms with Crippen LogP contribution in [-0.2, 0) is 4.74 Å². The maximum atomic E-state index is 13.2. The van der Waals surface area contributed by atoms with Crippen LogP contribution in [0.15, 0.2) is 24.3 Å². The molecule has 0 heterocycles. The lowest BCUT2D eigenvalue weighted by atomic mass is 9.85. The van der Waals surface area contributed by atoms with Gasteiger partial charge < -0.3 is 15.0 Å². The Labute approximate surface area is 175 Å². The van der Waals surface area contributed by atoms with Crippen LogP contribution < -0.4 is 5.32 Å². The van der Waals surface area contributed by atoms with E-state index in [1.807, 2.05) is 4.90 Å². The van der Waals surface area contributed by atoms with Gasteiger partial charge >= 0.3 is 12.3 Å². The Kier molecular flexibility index (Phi) is 6.93. The fourth-order valence-corrected chi connectivity index (χ4v) is 4.16. The highest BCUT2D eigenvalue weighted by Gasteiger charge is 2.40. The third kappa shape index (κ3) is 5.46. The van der Waals surface area contributed by atoms with Crippen molar-refractivity contribution in [1.82, 2.24) is 10.2 Å². The van der Waals surface area contributed by atoms with Crippen LogP contribution in [0, 0.1) is 5.92 Å². The molecule has 30 heavy (non-hydrogen) atoms. The van der Waals surface area contributed by atoms with Gasteiger partial charge in [-0.25, -0.2) is 4.79 Å². The van der Waals surface area contributed by atoms with E-state index in [0.29, 0.717) is 18.0 Å². The summed E-state index contributed by atoms with van der Waals surface area (Å²) < 4.78 is 43.4. The number of alkyl halides is 3. The van der Waals surface area contributed by atoms with Gasteiger partial charge in [-0.3, -0.25) is 4.79 Å². The number of alkyl carbamates (subject to hydrolysis) is 1. The van der Waals surface area contributed by atoms with E-state index >= 15 is 0 Å². The van der Waals surface area contributed by atoms with Gasteiger partial charge in [0.05, 0.1) is 13.0 Å². The molecule has 1 aromatic carbocycles. The summed E-state index contributed by atoms with van der Waals surface area (Å²) in [6.07, 6.45) is 0.748. The summed E-state index contributed by atoms with van der Waals surface area (Å²) in [6.45, 7) is 1.69. The number of methoxy groups -OCH3 is 1. The number of nitrogens with one attached hydrogen (secondary N) is 1. The van der Waals surface area contributed by atoms with E-state index in [1.165, 1.54) is 31.4 Å². The SMILES string of the molecule is COC(=O)NCC1CCC(N(C(=O)c2ccc([C@@H](C)C(F)(F)F)cc2)C2CC2)CC1. The first-order valence-electron chi connectivity index (χ1n) is 10.5. The van der Waals surface area contributed by atoms with Crippen LogP contribution in [0.2, 0.25) is 0 Å². The number of amides is 2. The van der Waals surface area contributed by atoms with Crippen molar-refractivity contribution in [2.75, 3.05) is 13.7 Å². The van der Waals surface area contributed by atoms with E-state index < -0.39 is 18.2 Å². The normalized spacial score (nSPS) is 22.8. The van der Waals surface area contributed by atoms with Crippen LogP contribution in [0.4, 0.5) is 18.0 Å². The van der Waals surface area contributed by atoms with Gasteiger partial charge in [0.25, 0.3) is 5.91 Å². The topological polar surface area (TPSA) is 58.6 Å². The molecule has 0 saturated heterocycles.